The van der Waals surface area contributed by atoms with Crippen molar-refractivity contribution in [2.75, 3.05) is 25.0 Å². The normalized spacial score (nSPS) is 19.5. The zero-order valence-corrected chi connectivity index (χ0v) is 13.3. The largest absolute Gasteiger partial charge is 0.393 e. The van der Waals surface area contributed by atoms with E-state index in [4.69, 9.17) is 0 Å². The molecule has 1 unspecified atom stereocenters. The number of rotatable bonds is 4. The second kappa shape index (κ2) is 6.68. The molecule has 0 radical (unpaired) electrons. The average molecular weight is 320 g/mol. The summed E-state index contributed by atoms with van der Waals surface area (Å²) in [6, 6.07) is 5.60. The first-order valence-corrected chi connectivity index (χ1v) is 8.28. The third-order valence-electron chi connectivity index (χ3n) is 4.24. The predicted octanol–water partition coefficient (Wildman–Crippen LogP) is 2.44. The van der Waals surface area contributed by atoms with Crippen LogP contribution in [0.1, 0.15) is 19.8 Å². The molecule has 2 aliphatic heterocycles. The van der Waals surface area contributed by atoms with Gasteiger partial charge in [-0.05, 0) is 50.9 Å². The van der Waals surface area contributed by atoms with Gasteiger partial charge in [-0.2, -0.15) is 8.73 Å². The van der Waals surface area contributed by atoms with E-state index in [9.17, 15) is 9.90 Å². The summed E-state index contributed by atoms with van der Waals surface area (Å²) >= 11 is 1.15. The van der Waals surface area contributed by atoms with Gasteiger partial charge in [0.1, 0.15) is 11.4 Å². The highest BCUT2D eigenvalue weighted by Crippen LogP contribution is 2.38. The van der Waals surface area contributed by atoms with Crippen molar-refractivity contribution in [1.82, 2.24) is 4.90 Å². The Balaban J connectivity index is 1.54. The summed E-state index contributed by atoms with van der Waals surface area (Å²) in [5, 5.41) is 12.5. The highest BCUT2D eigenvalue weighted by atomic mass is 32.1. The van der Waals surface area contributed by atoms with Crippen molar-refractivity contribution in [2.45, 2.75) is 25.9 Å². The molecule has 0 aliphatic carbocycles. The van der Waals surface area contributed by atoms with Crippen LogP contribution in [0, 0.1) is 5.92 Å². The lowest BCUT2D eigenvalue weighted by Crippen LogP contribution is -2.41. The summed E-state index contributed by atoms with van der Waals surface area (Å²) in [5.41, 5.74) is 2.27. The number of fused-ring (bicyclic) bond motifs is 1. The molecule has 1 atom stereocenters. The monoisotopic (exact) mass is 320 g/mol. The van der Waals surface area contributed by atoms with Crippen LogP contribution in [0.15, 0.2) is 26.9 Å². The van der Waals surface area contributed by atoms with E-state index in [2.05, 4.69) is 18.9 Å². The van der Waals surface area contributed by atoms with E-state index >= 15 is 0 Å². The first kappa shape index (κ1) is 15.3. The topological polar surface area (TPSA) is 77.3 Å². The first-order chi connectivity index (χ1) is 10.6. The highest BCUT2D eigenvalue weighted by Gasteiger charge is 2.24. The minimum Gasteiger partial charge on any atom is -0.393 e. The zero-order chi connectivity index (χ0) is 15.5. The molecule has 1 fully saturated rings. The van der Waals surface area contributed by atoms with Crippen LogP contribution in [0.3, 0.4) is 0 Å². The standard InChI is InChI=1S/C15H20N4O2S/c1-10(20)11-5-7-19(8-6-11)9-14(21)16-12-3-2-4-13-15(12)18-22-17-13/h2-4,10-11,20H,5-9H2,1H3,(H,16,21). The first-order valence-electron chi connectivity index (χ1n) is 7.55. The molecule has 7 heteroatoms. The molecule has 1 aromatic rings. The third kappa shape index (κ3) is 3.43. The number of hydrogen-bond donors (Lipinski definition) is 2. The van der Waals surface area contributed by atoms with Crippen LogP contribution in [-0.2, 0) is 16.1 Å². The Labute approximate surface area is 133 Å². The molecule has 0 bridgehead atoms. The summed E-state index contributed by atoms with van der Waals surface area (Å²) in [4.78, 5) is 14.3. The van der Waals surface area contributed by atoms with Crippen LogP contribution >= 0.6 is 0 Å². The molecule has 6 nitrogen and oxygen atoms in total. The number of nitrogens with one attached hydrogen (secondary N) is 1. The van der Waals surface area contributed by atoms with Gasteiger partial charge in [-0.25, -0.2) is 0 Å². The van der Waals surface area contributed by atoms with Gasteiger partial charge in [-0.3, -0.25) is 9.69 Å². The van der Waals surface area contributed by atoms with Crippen molar-refractivity contribution in [3.05, 3.63) is 18.2 Å². The van der Waals surface area contributed by atoms with Crippen molar-refractivity contribution in [3.8, 4) is 0 Å². The van der Waals surface area contributed by atoms with E-state index in [1.807, 2.05) is 25.1 Å². The van der Waals surface area contributed by atoms with Crippen molar-refractivity contribution in [1.29, 1.82) is 0 Å². The van der Waals surface area contributed by atoms with Crippen LogP contribution in [0.2, 0.25) is 0 Å². The predicted molar refractivity (Wildman–Crippen MR) is 87.5 cm³/mol. The fraction of sp³-hybridized carbons (Fsp3) is 0.533. The molecule has 0 spiro atoms. The molecule has 0 saturated carbocycles. The van der Waals surface area contributed by atoms with Gasteiger partial charge >= 0.3 is 0 Å². The van der Waals surface area contributed by atoms with Crippen molar-refractivity contribution >= 4 is 34.3 Å². The second-order valence-electron chi connectivity index (χ2n) is 5.84. The number of carbonyl (C=O) groups excluding carboxylic acids is 1. The summed E-state index contributed by atoms with van der Waals surface area (Å²) in [5.74, 6) is 0.324. The van der Waals surface area contributed by atoms with Gasteiger partial charge in [0.15, 0.2) is 0 Å². The van der Waals surface area contributed by atoms with Gasteiger partial charge in [-0.1, -0.05) is 6.07 Å². The molecule has 2 heterocycles. The van der Waals surface area contributed by atoms with E-state index in [1.54, 1.807) is 0 Å². The van der Waals surface area contributed by atoms with Crippen LogP contribution in [0.25, 0.3) is 0 Å². The number of hydrogen-bond acceptors (Lipinski definition) is 5. The molecule has 118 valence electrons. The number of benzene rings is 1. The molecule has 22 heavy (non-hydrogen) atoms. The minimum atomic E-state index is -0.259. The van der Waals surface area contributed by atoms with Gasteiger partial charge in [0.2, 0.25) is 5.91 Å². The molecule has 2 N–H and O–H groups in total. The van der Waals surface area contributed by atoms with Crippen molar-refractivity contribution < 1.29 is 9.90 Å². The number of nitrogens with zero attached hydrogens (tertiary/aromatic N) is 3. The van der Waals surface area contributed by atoms with Crippen LogP contribution in [0.5, 0.6) is 0 Å². The van der Waals surface area contributed by atoms with Crippen LogP contribution < -0.4 is 5.32 Å². The van der Waals surface area contributed by atoms with E-state index in [-0.39, 0.29) is 12.0 Å². The number of amides is 1. The maximum Gasteiger partial charge on any atom is 0.238 e. The number of aliphatic hydroxyl groups excluding tert-OH is 1. The Hall–Kier alpha value is -1.57. The van der Waals surface area contributed by atoms with E-state index < -0.39 is 0 Å². The summed E-state index contributed by atoms with van der Waals surface area (Å²) in [7, 11) is 0. The Morgan fingerprint density at radius 1 is 1.45 bits per heavy atom. The van der Waals surface area contributed by atoms with E-state index in [0.29, 0.717) is 12.5 Å². The lowest BCUT2D eigenvalue weighted by Gasteiger charge is -2.32. The van der Waals surface area contributed by atoms with Crippen LogP contribution in [-0.4, -0.2) is 41.7 Å². The van der Waals surface area contributed by atoms with Gasteiger partial charge in [-0.15, -0.1) is 0 Å². The smallest absolute Gasteiger partial charge is 0.238 e. The number of aliphatic hydroxyl groups is 1. The van der Waals surface area contributed by atoms with E-state index in [1.165, 1.54) is 0 Å². The summed E-state index contributed by atoms with van der Waals surface area (Å²) in [6.45, 7) is 3.92. The summed E-state index contributed by atoms with van der Waals surface area (Å²) < 4.78 is 8.39. The minimum absolute atomic E-state index is 0.0315. The van der Waals surface area contributed by atoms with Gasteiger partial charge in [0, 0.05) is 0 Å². The lowest BCUT2D eigenvalue weighted by molar-refractivity contribution is -0.117. The molecular formula is C15H20N4O2S. The van der Waals surface area contributed by atoms with Gasteiger partial charge in [0.25, 0.3) is 0 Å². The maximum absolute atomic E-state index is 12.2. The zero-order valence-electron chi connectivity index (χ0n) is 12.5. The van der Waals surface area contributed by atoms with Crippen molar-refractivity contribution in [2.24, 2.45) is 14.6 Å². The molecular weight excluding hydrogens is 300 g/mol. The lowest BCUT2D eigenvalue weighted by atomic mass is 9.92. The van der Waals surface area contributed by atoms with E-state index in [0.717, 1.165) is 54.3 Å². The molecule has 2 aliphatic rings. The highest BCUT2D eigenvalue weighted by molar-refractivity contribution is 7.58. The third-order valence-corrected chi connectivity index (χ3v) is 4.78. The quantitative estimate of drug-likeness (QED) is 0.908. The number of anilines is 1. The molecule has 3 rings (SSSR count). The fourth-order valence-corrected chi connectivity index (χ4v) is 3.44. The van der Waals surface area contributed by atoms with Crippen molar-refractivity contribution in [3.63, 3.8) is 0 Å². The summed E-state index contributed by atoms with van der Waals surface area (Å²) in [6.07, 6.45) is 1.62. The SMILES string of the molecule is CC(O)C1CCN(CC(=O)Nc2cccc3c2N=S=N3)CC1. The fourth-order valence-electron chi connectivity index (χ4n) is 2.89. The van der Waals surface area contributed by atoms with Crippen LogP contribution in [0.4, 0.5) is 17.1 Å². The van der Waals surface area contributed by atoms with Gasteiger partial charge < -0.3 is 10.4 Å². The Kier molecular flexibility index (Phi) is 4.66. The second-order valence-corrected chi connectivity index (χ2v) is 6.37. The number of piperidine rings is 1. The van der Waals surface area contributed by atoms with Gasteiger partial charge in [0.05, 0.1) is 29.7 Å². The molecule has 1 amide bonds. The number of likely N-dealkylation sites (tertiary alicyclic amines) is 1. The Bertz CT molecular complexity index is 632. The molecule has 0 aromatic heterocycles. The Morgan fingerprint density at radius 3 is 2.95 bits per heavy atom. The molecule has 1 saturated heterocycles. The number of carbonyl (C=O) groups is 1. The molecule has 1 aromatic carbocycles. The maximum atomic E-state index is 12.2. The Morgan fingerprint density at radius 2 is 2.23 bits per heavy atom. The average Bonchev–Trinajstić information content (AvgIpc) is 2.97.